The quantitative estimate of drug-likeness (QED) is 0.799. The Labute approximate surface area is 139 Å². The van der Waals surface area contributed by atoms with E-state index in [2.05, 4.69) is 5.32 Å². The second kappa shape index (κ2) is 7.57. The average Bonchev–Trinajstić information content (AvgIpc) is 2.46. The van der Waals surface area contributed by atoms with Gasteiger partial charge < -0.3 is 10.4 Å². The second-order valence-electron chi connectivity index (χ2n) is 5.47. The summed E-state index contributed by atoms with van der Waals surface area (Å²) in [6.45, 7) is 0.913. The van der Waals surface area contributed by atoms with Crippen LogP contribution in [0.15, 0.2) is 23.1 Å². The van der Waals surface area contributed by atoms with Crippen LogP contribution in [0, 0.1) is 11.7 Å². The predicted octanol–water partition coefficient (Wildman–Crippen LogP) is 1.55. The van der Waals surface area contributed by atoms with E-state index in [1.807, 2.05) is 0 Å². The summed E-state index contributed by atoms with van der Waals surface area (Å²) in [5.74, 6) is -1.52. The zero-order valence-electron chi connectivity index (χ0n) is 12.3. The SMILES string of the molecule is O=C(O)CNCC1CCCN(S(=O)(=O)c2ccc(F)cc2Cl)C1. The number of carbonyl (C=O) groups is 1. The molecular formula is C14H18ClFN2O4S. The summed E-state index contributed by atoms with van der Waals surface area (Å²) < 4.78 is 39.7. The van der Waals surface area contributed by atoms with E-state index in [-0.39, 0.29) is 28.9 Å². The molecule has 1 unspecified atom stereocenters. The highest BCUT2D eigenvalue weighted by Crippen LogP contribution is 2.28. The molecule has 0 bridgehead atoms. The molecular weight excluding hydrogens is 347 g/mol. The number of nitrogens with zero attached hydrogens (tertiary/aromatic N) is 1. The lowest BCUT2D eigenvalue weighted by Gasteiger charge is -2.32. The standard InChI is InChI=1S/C14H18ClFN2O4S/c15-12-6-11(16)3-4-13(12)23(21,22)18-5-1-2-10(9-18)7-17-8-14(19)20/h3-4,6,10,17H,1-2,5,7-9H2,(H,19,20). The Hall–Kier alpha value is -1.22. The molecule has 0 amide bonds. The number of benzene rings is 1. The first kappa shape index (κ1) is 18.1. The zero-order chi connectivity index (χ0) is 17.0. The van der Waals surface area contributed by atoms with Gasteiger partial charge in [-0.1, -0.05) is 11.6 Å². The van der Waals surface area contributed by atoms with Crippen molar-refractivity contribution in [2.75, 3.05) is 26.2 Å². The number of sulfonamides is 1. The Morgan fingerprint density at radius 3 is 2.87 bits per heavy atom. The third-order valence-electron chi connectivity index (χ3n) is 3.70. The van der Waals surface area contributed by atoms with Crippen LogP contribution in [0.4, 0.5) is 4.39 Å². The van der Waals surface area contributed by atoms with E-state index in [9.17, 15) is 17.6 Å². The molecule has 0 saturated carbocycles. The molecule has 9 heteroatoms. The van der Waals surface area contributed by atoms with Crippen LogP contribution >= 0.6 is 11.6 Å². The highest BCUT2D eigenvalue weighted by Gasteiger charge is 2.31. The number of piperidine rings is 1. The monoisotopic (exact) mass is 364 g/mol. The van der Waals surface area contributed by atoms with Crippen LogP contribution in [0.25, 0.3) is 0 Å². The molecule has 2 N–H and O–H groups in total. The third-order valence-corrected chi connectivity index (χ3v) is 6.05. The predicted molar refractivity (Wildman–Crippen MR) is 83.4 cm³/mol. The highest BCUT2D eigenvalue weighted by molar-refractivity contribution is 7.89. The number of halogens is 2. The van der Waals surface area contributed by atoms with Crippen molar-refractivity contribution in [3.63, 3.8) is 0 Å². The van der Waals surface area contributed by atoms with Crippen LogP contribution in [-0.4, -0.2) is 50.0 Å². The summed E-state index contributed by atoms with van der Waals surface area (Å²) >= 11 is 5.86. The molecule has 1 heterocycles. The Bertz CT molecular complexity index is 683. The molecule has 1 aliphatic heterocycles. The van der Waals surface area contributed by atoms with Gasteiger partial charge in [-0.15, -0.1) is 0 Å². The van der Waals surface area contributed by atoms with Gasteiger partial charge in [0.25, 0.3) is 0 Å². The van der Waals surface area contributed by atoms with Crippen LogP contribution in [0.3, 0.4) is 0 Å². The third kappa shape index (κ3) is 4.63. The number of aliphatic carboxylic acids is 1. The maximum Gasteiger partial charge on any atom is 0.317 e. The minimum Gasteiger partial charge on any atom is -0.480 e. The largest absolute Gasteiger partial charge is 0.480 e. The van der Waals surface area contributed by atoms with Gasteiger partial charge >= 0.3 is 5.97 Å². The van der Waals surface area contributed by atoms with Crippen molar-refractivity contribution in [3.05, 3.63) is 29.0 Å². The molecule has 0 aromatic heterocycles. The maximum absolute atomic E-state index is 13.1. The van der Waals surface area contributed by atoms with Crippen LogP contribution in [0.1, 0.15) is 12.8 Å². The lowest BCUT2D eigenvalue weighted by Crippen LogP contribution is -2.43. The molecule has 0 radical (unpaired) electrons. The summed E-state index contributed by atoms with van der Waals surface area (Å²) in [6.07, 6.45) is 1.49. The minimum atomic E-state index is -3.79. The van der Waals surface area contributed by atoms with Crippen molar-refractivity contribution in [2.24, 2.45) is 5.92 Å². The van der Waals surface area contributed by atoms with Crippen molar-refractivity contribution < 1.29 is 22.7 Å². The summed E-state index contributed by atoms with van der Waals surface area (Å²) in [4.78, 5) is 10.4. The van der Waals surface area contributed by atoms with Gasteiger partial charge in [-0.05, 0) is 43.5 Å². The van der Waals surface area contributed by atoms with Gasteiger partial charge in [-0.2, -0.15) is 4.31 Å². The van der Waals surface area contributed by atoms with Crippen LogP contribution < -0.4 is 5.32 Å². The van der Waals surface area contributed by atoms with Crippen molar-refractivity contribution in [3.8, 4) is 0 Å². The van der Waals surface area contributed by atoms with Crippen molar-refractivity contribution >= 4 is 27.6 Å². The fourth-order valence-corrected chi connectivity index (χ4v) is 4.68. The van der Waals surface area contributed by atoms with Gasteiger partial charge in [0.1, 0.15) is 10.7 Å². The molecule has 0 spiro atoms. The van der Waals surface area contributed by atoms with Crippen LogP contribution in [0.2, 0.25) is 5.02 Å². The molecule has 6 nitrogen and oxygen atoms in total. The number of carboxylic acid groups (broad SMARTS) is 1. The topological polar surface area (TPSA) is 86.7 Å². The van der Waals surface area contributed by atoms with Crippen LogP contribution in [0.5, 0.6) is 0 Å². The molecule has 2 rings (SSSR count). The van der Waals surface area contributed by atoms with Gasteiger partial charge in [0.05, 0.1) is 11.6 Å². The highest BCUT2D eigenvalue weighted by atomic mass is 35.5. The molecule has 1 fully saturated rings. The van der Waals surface area contributed by atoms with Gasteiger partial charge in [-0.25, -0.2) is 12.8 Å². The second-order valence-corrected chi connectivity index (χ2v) is 7.78. The van der Waals surface area contributed by atoms with Gasteiger partial charge in [0, 0.05) is 13.1 Å². The molecule has 128 valence electrons. The van der Waals surface area contributed by atoms with Crippen molar-refractivity contribution in [1.82, 2.24) is 9.62 Å². The number of rotatable bonds is 6. The number of hydrogen-bond acceptors (Lipinski definition) is 4. The maximum atomic E-state index is 13.1. The van der Waals surface area contributed by atoms with Crippen molar-refractivity contribution in [2.45, 2.75) is 17.7 Å². The van der Waals surface area contributed by atoms with E-state index in [1.54, 1.807) is 0 Å². The number of hydrogen-bond donors (Lipinski definition) is 2. The van der Waals surface area contributed by atoms with E-state index in [0.717, 1.165) is 18.6 Å². The molecule has 1 aromatic rings. The average molecular weight is 365 g/mol. The Morgan fingerprint density at radius 1 is 1.48 bits per heavy atom. The molecule has 1 atom stereocenters. The van der Waals surface area contributed by atoms with Gasteiger partial charge in [-0.3, -0.25) is 4.79 Å². The first-order chi connectivity index (χ1) is 10.8. The molecule has 1 saturated heterocycles. The van der Waals surface area contributed by atoms with Gasteiger partial charge in [0.2, 0.25) is 10.0 Å². The van der Waals surface area contributed by atoms with Gasteiger partial charge in [0.15, 0.2) is 0 Å². The Morgan fingerprint density at radius 2 is 2.22 bits per heavy atom. The molecule has 0 aliphatic carbocycles. The minimum absolute atomic E-state index is 0.0251. The summed E-state index contributed by atoms with van der Waals surface area (Å²) in [6, 6.07) is 3.21. The summed E-state index contributed by atoms with van der Waals surface area (Å²) in [5, 5.41) is 11.3. The van der Waals surface area contributed by atoms with E-state index < -0.39 is 21.8 Å². The van der Waals surface area contributed by atoms with Crippen molar-refractivity contribution in [1.29, 1.82) is 0 Å². The summed E-state index contributed by atoms with van der Waals surface area (Å²) in [5.41, 5.74) is 0. The van der Waals surface area contributed by atoms with E-state index in [4.69, 9.17) is 16.7 Å². The lowest BCUT2D eigenvalue weighted by atomic mass is 10.00. The molecule has 1 aromatic carbocycles. The molecule has 23 heavy (non-hydrogen) atoms. The van der Waals surface area contributed by atoms with E-state index in [1.165, 1.54) is 10.4 Å². The number of nitrogens with one attached hydrogen (secondary N) is 1. The fourth-order valence-electron chi connectivity index (χ4n) is 2.62. The number of carboxylic acids is 1. The normalized spacial score (nSPS) is 19.7. The smallest absolute Gasteiger partial charge is 0.317 e. The van der Waals surface area contributed by atoms with Crippen LogP contribution in [-0.2, 0) is 14.8 Å². The van der Waals surface area contributed by atoms with E-state index in [0.29, 0.717) is 19.5 Å². The lowest BCUT2D eigenvalue weighted by molar-refractivity contribution is -0.136. The Kier molecular flexibility index (Phi) is 5.96. The summed E-state index contributed by atoms with van der Waals surface area (Å²) in [7, 11) is -3.79. The van der Waals surface area contributed by atoms with E-state index >= 15 is 0 Å². The Balaban J connectivity index is 2.08. The zero-order valence-corrected chi connectivity index (χ0v) is 13.9. The molecule has 1 aliphatic rings. The fraction of sp³-hybridized carbons (Fsp3) is 0.500. The first-order valence-corrected chi connectivity index (χ1v) is 9.00. The first-order valence-electron chi connectivity index (χ1n) is 7.18.